The van der Waals surface area contributed by atoms with Crippen LogP contribution in [-0.2, 0) is 11.3 Å². The Morgan fingerprint density at radius 3 is 2.86 bits per heavy atom. The van der Waals surface area contributed by atoms with E-state index in [0.717, 1.165) is 8.66 Å². The first-order chi connectivity index (χ1) is 10.0. The quantitative estimate of drug-likeness (QED) is 0.797. The van der Waals surface area contributed by atoms with Gasteiger partial charge in [-0.2, -0.15) is 0 Å². The molecule has 0 aromatic carbocycles. The number of carboxylic acids is 1. The summed E-state index contributed by atoms with van der Waals surface area (Å²) in [6.45, 7) is 0.179. The van der Waals surface area contributed by atoms with Crippen LogP contribution >= 0.6 is 27.3 Å². The Bertz CT molecular complexity index is 697. The van der Waals surface area contributed by atoms with Crippen LogP contribution in [0.15, 0.2) is 40.3 Å². The van der Waals surface area contributed by atoms with Gasteiger partial charge in [0, 0.05) is 17.2 Å². The highest BCUT2D eigenvalue weighted by Gasteiger charge is 2.05. The van der Waals surface area contributed by atoms with Crippen LogP contribution < -0.4 is 5.32 Å². The van der Waals surface area contributed by atoms with E-state index in [1.807, 2.05) is 12.1 Å². The summed E-state index contributed by atoms with van der Waals surface area (Å²) in [5.41, 5.74) is 0.642. The molecular weight excluding hydrogens is 356 g/mol. The van der Waals surface area contributed by atoms with Crippen molar-refractivity contribution >= 4 is 45.2 Å². The average Bonchev–Trinajstić information content (AvgIpc) is 2.89. The molecule has 0 saturated carbocycles. The van der Waals surface area contributed by atoms with Crippen LogP contribution in [-0.4, -0.2) is 22.0 Å². The van der Waals surface area contributed by atoms with E-state index in [9.17, 15) is 9.59 Å². The highest BCUT2D eigenvalue weighted by atomic mass is 79.9. The maximum Gasteiger partial charge on any atom is 0.335 e. The van der Waals surface area contributed by atoms with E-state index in [4.69, 9.17) is 5.11 Å². The van der Waals surface area contributed by atoms with Crippen LogP contribution in [0.2, 0.25) is 0 Å². The molecule has 2 N–H and O–H groups in total. The second-order valence-electron chi connectivity index (χ2n) is 4.03. The molecule has 0 atom stereocenters. The molecule has 5 nitrogen and oxygen atoms in total. The molecular formula is C14H11BrN2O3S. The molecule has 2 aromatic heterocycles. The average molecular weight is 367 g/mol. The number of hydrogen-bond donors (Lipinski definition) is 2. The van der Waals surface area contributed by atoms with Gasteiger partial charge in [-0.1, -0.05) is 0 Å². The Kier molecular flexibility index (Phi) is 5.24. The van der Waals surface area contributed by atoms with Gasteiger partial charge in [0.2, 0.25) is 5.91 Å². The molecule has 0 radical (unpaired) electrons. The second kappa shape index (κ2) is 7.14. The van der Waals surface area contributed by atoms with Gasteiger partial charge in [-0.3, -0.25) is 9.78 Å². The Hall–Kier alpha value is -1.99. The van der Waals surface area contributed by atoms with Crippen LogP contribution in [0, 0.1) is 0 Å². The van der Waals surface area contributed by atoms with Gasteiger partial charge in [-0.15, -0.1) is 11.3 Å². The minimum Gasteiger partial charge on any atom is -0.478 e. The van der Waals surface area contributed by atoms with Gasteiger partial charge in [0.1, 0.15) is 0 Å². The maximum absolute atomic E-state index is 11.7. The SMILES string of the molecule is O=C(/C=C/c1ccc(Br)s1)NCc1cc(C(=O)O)ccn1. The number of carboxylic acid groups (broad SMARTS) is 1. The molecule has 0 aliphatic rings. The van der Waals surface area contributed by atoms with E-state index in [1.165, 1.54) is 35.7 Å². The lowest BCUT2D eigenvalue weighted by Crippen LogP contribution is -2.21. The van der Waals surface area contributed by atoms with E-state index < -0.39 is 5.97 Å². The summed E-state index contributed by atoms with van der Waals surface area (Å²) in [7, 11) is 0. The molecule has 2 aromatic rings. The zero-order valence-corrected chi connectivity index (χ0v) is 13.1. The first kappa shape index (κ1) is 15.4. The lowest BCUT2D eigenvalue weighted by atomic mass is 10.2. The molecule has 0 saturated heterocycles. The molecule has 0 aliphatic heterocycles. The molecule has 1 amide bonds. The number of rotatable bonds is 5. The fraction of sp³-hybridized carbons (Fsp3) is 0.0714. The van der Waals surface area contributed by atoms with E-state index in [-0.39, 0.29) is 18.0 Å². The van der Waals surface area contributed by atoms with Crippen LogP contribution in [0.5, 0.6) is 0 Å². The van der Waals surface area contributed by atoms with Gasteiger partial charge >= 0.3 is 5.97 Å². The Labute approximate surface area is 133 Å². The Balaban J connectivity index is 1.90. The number of amides is 1. The first-order valence-electron chi connectivity index (χ1n) is 5.94. The topological polar surface area (TPSA) is 79.3 Å². The van der Waals surface area contributed by atoms with Crippen molar-refractivity contribution in [2.45, 2.75) is 6.54 Å². The van der Waals surface area contributed by atoms with Crippen molar-refractivity contribution in [2.75, 3.05) is 0 Å². The summed E-state index contributed by atoms with van der Waals surface area (Å²) in [4.78, 5) is 27.5. The fourth-order valence-corrected chi connectivity index (χ4v) is 2.85. The van der Waals surface area contributed by atoms with Gasteiger partial charge in [-0.05, 0) is 46.3 Å². The number of carbonyl (C=O) groups excluding carboxylic acids is 1. The minimum absolute atomic E-state index is 0.147. The predicted molar refractivity (Wildman–Crippen MR) is 84.1 cm³/mol. The monoisotopic (exact) mass is 366 g/mol. The standard InChI is InChI=1S/C14H11BrN2O3S/c15-12-3-1-11(21-12)2-4-13(18)17-8-10-7-9(14(19)20)5-6-16-10/h1-7H,8H2,(H,17,18)(H,19,20)/b4-2+. The second-order valence-corrected chi connectivity index (χ2v) is 6.53. The molecule has 2 rings (SSSR count). The molecule has 0 aliphatic carbocycles. The molecule has 0 bridgehead atoms. The third-order valence-electron chi connectivity index (χ3n) is 2.50. The lowest BCUT2D eigenvalue weighted by Gasteiger charge is -2.02. The number of nitrogens with zero attached hydrogens (tertiary/aromatic N) is 1. The van der Waals surface area contributed by atoms with Gasteiger partial charge < -0.3 is 10.4 Å². The van der Waals surface area contributed by atoms with Crippen LogP contribution in [0.1, 0.15) is 20.9 Å². The number of hydrogen-bond acceptors (Lipinski definition) is 4. The zero-order valence-electron chi connectivity index (χ0n) is 10.7. The predicted octanol–water partition coefficient (Wildman–Crippen LogP) is 2.93. The van der Waals surface area contributed by atoms with Crippen molar-refractivity contribution < 1.29 is 14.7 Å². The number of thiophene rings is 1. The zero-order chi connectivity index (χ0) is 15.2. The summed E-state index contributed by atoms with van der Waals surface area (Å²) in [5, 5.41) is 11.5. The third-order valence-corrected chi connectivity index (χ3v) is 4.09. The largest absolute Gasteiger partial charge is 0.478 e. The maximum atomic E-state index is 11.7. The number of carbonyl (C=O) groups is 2. The normalized spacial score (nSPS) is 10.7. The lowest BCUT2D eigenvalue weighted by molar-refractivity contribution is -0.116. The van der Waals surface area contributed by atoms with Crippen molar-refractivity contribution in [1.82, 2.24) is 10.3 Å². The molecule has 108 valence electrons. The highest BCUT2D eigenvalue weighted by molar-refractivity contribution is 9.11. The van der Waals surface area contributed by atoms with Crippen molar-refractivity contribution in [3.63, 3.8) is 0 Å². The van der Waals surface area contributed by atoms with Crippen molar-refractivity contribution in [1.29, 1.82) is 0 Å². The summed E-state index contributed by atoms with van der Waals surface area (Å²) >= 11 is 4.87. The van der Waals surface area contributed by atoms with Crippen LogP contribution in [0.3, 0.4) is 0 Å². The van der Waals surface area contributed by atoms with Crippen molar-refractivity contribution in [3.8, 4) is 0 Å². The molecule has 0 fully saturated rings. The Morgan fingerprint density at radius 1 is 1.38 bits per heavy atom. The smallest absolute Gasteiger partial charge is 0.335 e. The number of halogens is 1. The van der Waals surface area contributed by atoms with Gasteiger partial charge in [0.25, 0.3) is 0 Å². The summed E-state index contributed by atoms with van der Waals surface area (Å²) < 4.78 is 0.997. The minimum atomic E-state index is -1.02. The molecule has 7 heteroatoms. The number of aromatic nitrogens is 1. The third kappa shape index (κ3) is 4.80. The van der Waals surface area contributed by atoms with E-state index in [1.54, 1.807) is 6.08 Å². The number of nitrogens with one attached hydrogen (secondary N) is 1. The van der Waals surface area contributed by atoms with Crippen molar-refractivity contribution in [2.24, 2.45) is 0 Å². The number of aromatic carboxylic acids is 1. The molecule has 0 unspecified atom stereocenters. The number of pyridine rings is 1. The molecule has 21 heavy (non-hydrogen) atoms. The summed E-state index contributed by atoms with van der Waals surface area (Å²) in [6, 6.07) is 6.64. The molecule has 2 heterocycles. The first-order valence-corrected chi connectivity index (χ1v) is 7.55. The van der Waals surface area contributed by atoms with E-state index >= 15 is 0 Å². The van der Waals surface area contributed by atoms with Crippen molar-refractivity contribution in [3.05, 3.63) is 56.5 Å². The van der Waals surface area contributed by atoms with Crippen LogP contribution in [0.25, 0.3) is 6.08 Å². The molecule has 0 spiro atoms. The van der Waals surface area contributed by atoms with Gasteiger partial charge in [0.15, 0.2) is 0 Å². The summed E-state index contributed by atoms with van der Waals surface area (Å²) in [5.74, 6) is -1.28. The highest BCUT2D eigenvalue weighted by Crippen LogP contribution is 2.22. The Morgan fingerprint density at radius 2 is 2.19 bits per heavy atom. The van der Waals surface area contributed by atoms with Gasteiger partial charge in [0.05, 0.1) is 21.6 Å². The van der Waals surface area contributed by atoms with Crippen LogP contribution in [0.4, 0.5) is 0 Å². The van der Waals surface area contributed by atoms with E-state index in [2.05, 4.69) is 26.2 Å². The summed E-state index contributed by atoms with van der Waals surface area (Å²) in [6.07, 6.45) is 4.55. The van der Waals surface area contributed by atoms with Gasteiger partial charge in [-0.25, -0.2) is 4.79 Å². The van der Waals surface area contributed by atoms with E-state index in [0.29, 0.717) is 5.69 Å². The fourth-order valence-electron chi connectivity index (χ4n) is 1.52.